The minimum atomic E-state index is -0.159. The van der Waals surface area contributed by atoms with Crippen molar-refractivity contribution in [2.24, 2.45) is 0 Å². The van der Waals surface area contributed by atoms with Gasteiger partial charge in [0.15, 0.2) is 0 Å². The van der Waals surface area contributed by atoms with Gasteiger partial charge in [-0.15, -0.1) is 0 Å². The molecule has 3 nitrogen and oxygen atoms in total. The first kappa shape index (κ1) is 11.7. The molecule has 0 saturated heterocycles. The molecule has 0 amide bonds. The van der Waals surface area contributed by atoms with Gasteiger partial charge in [0.05, 0.1) is 12.1 Å². The Hall–Kier alpha value is -2.42. The Balaban J connectivity index is 2.59. The van der Waals surface area contributed by atoms with E-state index in [-0.39, 0.29) is 11.3 Å². The first-order valence-electron chi connectivity index (χ1n) is 6.26. The van der Waals surface area contributed by atoms with Gasteiger partial charge in [0, 0.05) is 10.8 Å². The maximum atomic E-state index is 12.4. The standard InChI is InChI=1S/C16H13NO2/c1-2-19-16-15(18)13-9-4-3-7-11(13)12-8-5-6-10-14(12)17-16/h3-10H,2H2,1H3. The van der Waals surface area contributed by atoms with E-state index < -0.39 is 0 Å². The third-order valence-corrected chi connectivity index (χ3v) is 3.06. The molecule has 94 valence electrons. The van der Waals surface area contributed by atoms with E-state index in [4.69, 9.17) is 4.74 Å². The number of rotatable bonds is 2. The van der Waals surface area contributed by atoms with Crippen molar-refractivity contribution in [1.29, 1.82) is 0 Å². The molecule has 0 radical (unpaired) electrons. The van der Waals surface area contributed by atoms with E-state index in [2.05, 4.69) is 4.98 Å². The van der Waals surface area contributed by atoms with E-state index in [9.17, 15) is 4.79 Å². The first-order chi connectivity index (χ1) is 9.31. The zero-order valence-electron chi connectivity index (χ0n) is 10.6. The van der Waals surface area contributed by atoms with E-state index >= 15 is 0 Å². The minimum absolute atomic E-state index is 0.159. The summed E-state index contributed by atoms with van der Waals surface area (Å²) in [4.78, 5) is 16.8. The Kier molecular flexibility index (Phi) is 2.88. The van der Waals surface area contributed by atoms with Gasteiger partial charge in [0.25, 0.3) is 5.88 Å². The van der Waals surface area contributed by atoms with Crippen molar-refractivity contribution in [3.8, 4) is 5.88 Å². The molecule has 0 aliphatic rings. The Morgan fingerprint density at radius 2 is 1.58 bits per heavy atom. The monoisotopic (exact) mass is 251 g/mol. The molecule has 1 heterocycles. The average Bonchev–Trinajstić information content (AvgIpc) is 2.57. The molecule has 0 unspecified atom stereocenters. The van der Waals surface area contributed by atoms with Crippen molar-refractivity contribution in [3.05, 3.63) is 58.8 Å². The van der Waals surface area contributed by atoms with Crippen LogP contribution in [0.15, 0.2) is 53.3 Å². The average molecular weight is 251 g/mol. The Labute approximate surface area is 110 Å². The van der Waals surface area contributed by atoms with E-state index in [0.29, 0.717) is 12.0 Å². The number of aromatic nitrogens is 1. The fourth-order valence-electron chi connectivity index (χ4n) is 2.22. The van der Waals surface area contributed by atoms with E-state index in [0.717, 1.165) is 16.3 Å². The predicted octanol–water partition coefficient (Wildman–Crippen LogP) is 3.15. The topological polar surface area (TPSA) is 39.2 Å². The van der Waals surface area contributed by atoms with Crippen molar-refractivity contribution in [2.45, 2.75) is 6.92 Å². The summed E-state index contributed by atoms with van der Waals surface area (Å²) < 4.78 is 5.39. The molecule has 0 fully saturated rings. The Bertz CT molecular complexity index is 812. The van der Waals surface area contributed by atoms with Crippen molar-refractivity contribution >= 4 is 21.7 Å². The van der Waals surface area contributed by atoms with Crippen LogP contribution in [0.4, 0.5) is 0 Å². The molecule has 0 aliphatic carbocycles. The number of benzene rings is 2. The summed E-state index contributed by atoms with van der Waals surface area (Å²) in [6.07, 6.45) is 0. The van der Waals surface area contributed by atoms with E-state index in [1.807, 2.05) is 55.5 Å². The Morgan fingerprint density at radius 3 is 2.32 bits per heavy atom. The lowest BCUT2D eigenvalue weighted by Crippen LogP contribution is -2.07. The van der Waals surface area contributed by atoms with Gasteiger partial charge in [-0.05, 0) is 18.4 Å². The number of fused-ring (bicyclic) bond motifs is 3. The molecule has 3 rings (SSSR count). The second-order valence-electron chi connectivity index (χ2n) is 4.24. The van der Waals surface area contributed by atoms with Gasteiger partial charge < -0.3 is 4.74 Å². The highest BCUT2D eigenvalue weighted by atomic mass is 16.5. The van der Waals surface area contributed by atoms with Crippen LogP contribution in [0.25, 0.3) is 21.7 Å². The first-order valence-corrected chi connectivity index (χ1v) is 6.26. The van der Waals surface area contributed by atoms with Crippen molar-refractivity contribution < 1.29 is 4.74 Å². The molecule has 3 aromatic rings. The van der Waals surface area contributed by atoms with Gasteiger partial charge in [0.1, 0.15) is 0 Å². The van der Waals surface area contributed by atoms with Gasteiger partial charge in [-0.1, -0.05) is 42.5 Å². The van der Waals surface area contributed by atoms with Crippen LogP contribution >= 0.6 is 0 Å². The summed E-state index contributed by atoms with van der Waals surface area (Å²) >= 11 is 0. The maximum absolute atomic E-state index is 12.4. The summed E-state index contributed by atoms with van der Waals surface area (Å²) in [5.41, 5.74) is 0.609. The third kappa shape index (κ3) is 1.93. The van der Waals surface area contributed by atoms with E-state index in [1.54, 1.807) is 0 Å². The molecule has 0 aliphatic heterocycles. The second-order valence-corrected chi connectivity index (χ2v) is 4.24. The third-order valence-electron chi connectivity index (χ3n) is 3.06. The molecule has 0 saturated carbocycles. The van der Waals surface area contributed by atoms with Crippen LogP contribution in [-0.2, 0) is 0 Å². The molecule has 0 atom stereocenters. The summed E-state index contributed by atoms with van der Waals surface area (Å²) in [6.45, 7) is 2.27. The molecule has 3 heteroatoms. The summed E-state index contributed by atoms with van der Waals surface area (Å²) in [6, 6.07) is 15.3. The second kappa shape index (κ2) is 4.69. The van der Waals surface area contributed by atoms with Gasteiger partial charge in [0.2, 0.25) is 5.43 Å². The van der Waals surface area contributed by atoms with Crippen molar-refractivity contribution in [3.63, 3.8) is 0 Å². The summed E-state index contributed by atoms with van der Waals surface area (Å²) in [7, 11) is 0. The minimum Gasteiger partial charge on any atom is -0.475 e. The lowest BCUT2D eigenvalue weighted by molar-refractivity contribution is 0.325. The van der Waals surface area contributed by atoms with Crippen molar-refractivity contribution in [2.75, 3.05) is 6.61 Å². The predicted molar refractivity (Wildman–Crippen MR) is 76.7 cm³/mol. The zero-order valence-corrected chi connectivity index (χ0v) is 10.6. The quantitative estimate of drug-likeness (QED) is 0.702. The molecule has 0 spiro atoms. The van der Waals surface area contributed by atoms with Crippen LogP contribution in [0.5, 0.6) is 5.88 Å². The highest BCUT2D eigenvalue weighted by Crippen LogP contribution is 2.21. The molecule has 19 heavy (non-hydrogen) atoms. The van der Waals surface area contributed by atoms with Crippen molar-refractivity contribution in [1.82, 2.24) is 4.98 Å². The fraction of sp³-hybridized carbons (Fsp3) is 0.125. The highest BCUT2D eigenvalue weighted by Gasteiger charge is 2.08. The Morgan fingerprint density at radius 1 is 0.947 bits per heavy atom. The molecular weight excluding hydrogens is 238 g/mol. The largest absolute Gasteiger partial charge is 0.475 e. The fourth-order valence-corrected chi connectivity index (χ4v) is 2.22. The lowest BCUT2D eigenvalue weighted by atomic mass is 10.1. The SMILES string of the molecule is CCOc1nc2ccccc2c2ccccc2c1=O. The zero-order chi connectivity index (χ0) is 13.2. The summed E-state index contributed by atoms with van der Waals surface area (Å²) in [5.74, 6) is 0.167. The smallest absolute Gasteiger partial charge is 0.263 e. The normalized spacial score (nSPS) is 10.8. The van der Waals surface area contributed by atoms with Crippen LogP contribution in [0.3, 0.4) is 0 Å². The van der Waals surface area contributed by atoms with Crippen LogP contribution in [0, 0.1) is 0 Å². The van der Waals surface area contributed by atoms with Crippen LogP contribution in [0.1, 0.15) is 6.92 Å². The van der Waals surface area contributed by atoms with E-state index in [1.165, 1.54) is 0 Å². The maximum Gasteiger partial charge on any atom is 0.263 e. The number of ether oxygens (including phenoxy) is 1. The molecular formula is C16H13NO2. The highest BCUT2D eigenvalue weighted by molar-refractivity contribution is 6.04. The number of hydrogen-bond donors (Lipinski definition) is 0. The van der Waals surface area contributed by atoms with Gasteiger partial charge in [-0.3, -0.25) is 4.79 Å². The molecule has 2 aromatic carbocycles. The van der Waals surface area contributed by atoms with Gasteiger partial charge >= 0.3 is 0 Å². The lowest BCUT2D eigenvalue weighted by Gasteiger charge is -1.96. The van der Waals surface area contributed by atoms with Crippen LogP contribution in [-0.4, -0.2) is 11.6 Å². The molecule has 1 aromatic heterocycles. The molecule has 0 N–H and O–H groups in total. The van der Waals surface area contributed by atoms with Crippen LogP contribution in [0.2, 0.25) is 0 Å². The summed E-state index contributed by atoms with van der Waals surface area (Å²) in [5, 5.41) is 2.50. The van der Waals surface area contributed by atoms with Gasteiger partial charge in [-0.2, -0.15) is 0 Å². The van der Waals surface area contributed by atoms with Gasteiger partial charge in [-0.25, -0.2) is 4.98 Å². The van der Waals surface area contributed by atoms with Crippen LogP contribution < -0.4 is 10.2 Å². The number of para-hydroxylation sites is 1. The number of nitrogens with zero attached hydrogens (tertiary/aromatic N) is 1. The number of hydrogen-bond acceptors (Lipinski definition) is 3. The molecule has 0 bridgehead atoms.